The largest absolute Gasteiger partial charge is 2.00 e. The number of aryl methyl sites for hydroxylation is 4. The fourth-order valence-corrected chi connectivity index (χ4v) is 12.0. The summed E-state index contributed by atoms with van der Waals surface area (Å²) in [6.45, 7) is 9.00. The molecule has 4 rings (SSSR count). The molecule has 9 heteroatoms. The van der Waals surface area contributed by atoms with E-state index in [1.807, 2.05) is 24.3 Å². The van der Waals surface area contributed by atoms with Gasteiger partial charge < -0.3 is 9.11 Å². The summed E-state index contributed by atoms with van der Waals surface area (Å²) < 4.78 is 72.0. The van der Waals surface area contributed by atoms with E-state index in [2.05, 4.69) is 52.0 Å². The number of hydrogen-bond acceptors (Lipinski definition) is 6. The minimum Gasteiger partial charge on any atom is -0.744 e. The third-order valence-electron chi connectivity index (χ3n) is 14.9. The molecule has 0 fully saturated rings. The van der Waals surface area contributed by atoms with E-state index in [4.69, 9.17) is 0 Å². The normalized spacial score (nSPS) is 11.8. The van der Waals surface area contributed by atoms with E-state index in [9.17, 15) is 25.9 Å². The average Bonchev–Trinajstić information content (AvgIpc) is 3.35. The molecule has 408 valence electrons. The third kappa shape index (κ3) is 30.5. The van der Waals surface area contributed by atoms with Gasteiger partial charge in [0.25, 0.3) is 0 Å². The molecule has 0 heterocycles. The van der Waals surface area contributed by atoms with Crippen LogP contribution in [0.15, 0.2) is 70.5 Å². The summed E-state index contributed by atoms with van der Waals surface area (Å²) in [5.41, 5.74) is 4.42. The molecule has 4 aromatic rings. The number of benzene rings is 4. The summed E-state index contributed by atoms with van der Waals surface area (Å²) in [5.74, 6) is 0. The predicted octanol–water partition coefficient (Wildman–Crippen LogP) is 19.4. The summed E-state index contributed by atoms with van der Waals surface area (Å²) in [4.78, 5) is -0.110. The van der Waals surface area contributed by atoms with E-state index in [0.29, 0.717) is 10.8 Å². The van der Waals surface area contributed by atoms with Crippen LogP contribution in [0, 0.1) is 0 Å². The van der Waals surface area contributed by atoms with Crippen molar-refractivity contribution in [1.82, 2.24) is 0 Å². The predicted molar refractivity (Wildman–Crippen MR) is 313 cm³/mol. The molecule has 0 unspecified atom stereocenters. The molecule has 0 saturated heterocycles. The average molecular weight is 1170 g/mol. The SMILES string of the molecule is CCCCCCCCCCCc1ccc2c(S(=O)(=O)[O-])cc(CCCCCCCCCCC)cc2c1.CCCCCCCCCCCc1ccc2c(S(=O)(=O)[O-])cc(CCCCCCCCCCC)cc2c1.[Ba+2]. The van der Waals surface area contributed by atoms with Gasteiger partial charge in [-0.15, -0.1) is 0 Å². The Labute approximate surface area is 489 Å². The topological polar surface area (TPSA) is 114 Å². The third-order valence-corrected chi connectivity index (χ3v) is 16.6. The summed E-state index contributed by atoms with van der Waals surface area (Å²) in [7, 11) is -9.00. The van der Waals surface area contributed by atoms with Gasteiger partial charge in [-0.2, -0.15) is 0 Å². The van der Waals surface area contributed by atoms with Crippen molar-refractivity contribution in [2.24, 2.45) is 0 Å². The van der Waals surface area contributed by atoms with Crippen molar-refractivity contribution >= 4 is 90.7 Å². The van der Waals surface area contributed by atoms with Crippen molar-refractivity contribution in [3.8, 4) is 0 Å². The van der Waals surface area contributed by atoms with Gasteiger partial charge >= 0.3 is 48.9 Å². The van der Waals surface area contributed by atoms with E-state index in [1.54, 1.807) is 12.1 Å². The van der Waals surface area contributed by atoms with Crippen molar-refractivity contribution in [2.45, 2.75) is 294 Å². The Balaban J connectivity index is 0.000000493. The van der Waals surface area contributed by atoms with Crippen molar-refractivity contribution in [3.63, 3.8) is 0 Å². The molecule has 0 aliphatic heterocycles. The second-order valence-corrected chi connectivity index (χ2v) is 24.2. The Morgan fingerprint density at radius 2 is 0.493 bits per heavy atom. The van der Waals surface area contributed by atoms with Crippen LogP contribution in [0.3, 0.4) is 0 Å². The summed E-state index contributed by atoms with van der Waals surface area (Å²) >= 11 is 0. The van der Waals surface area contributed by atoms with E-state index >= 15 is 0 Å². The Hall–Kier alpha value is -1.21. The van der Waals surface area contributed by atoms with Crippen LogP contribution in [0.5, 0.6) is 0 Å². The molecule has 73 heavy (non-hydrogen) atoms. The monoisotopic (exact) mass is 1170 g/mol. The fourth-order valence-electron chi connectivity index (χ4n) is 10.5. The molecule has 6 nitrogen and oxygen atoms in total. The molecular formula is C64H102BaO6S2. The maximum absolute atomic E-state index is 12.0. The van der Waals surface area contributed by atoms with Crippen molar-refractivity contribution < 1.29 is 25.9 Å². The van der Waals surface area contributed by atoms with E-state index < -0.39 is 20.2 Å². The van der Waals surface area contributed by atoms with Gasteiger partial charge in [0.05, 0.1) is 9.79 Å². The molecule has 0 radical (unpaired) electrons. The van der Waals surface area contributed by atoms with Crippen LogP contribution in [0.1, 0.15) is 281 Å². The Bertz CT molecular complexity index is 2090. The zero-order chi connectivity index (χ0) is 52.1. The van der Waals surface area contributed by atoms with Crippen molar-refractivity contribution in [2.75, 3.05) is 0 Å². The maximum atomic E-state index is 12.0. The zero-order valence-electron chi connectivity index (χ0n) is 47.0. The first-order valence-electron chi connectivity index (χ1n) is 29.9. The number of unbranched alkanes of at least 4 members (excludes halogenated alkanes) is 32. The van der Waals surface area contributed by atoms with Crippen LogP contribution in [-0.2, 0) is 45.9 Å². The number of rotatable bonds is 42. The van der Waals surface area contributed by atoms with Gasteiger partial charge in [-0.3, -0.25) is 0 Å². The van der Waals surface area contributed by atoms with Crippen molar-refractivity contribution in [1.29, 1.82) is 0 Å². The molecule has 0 saturated carbocycles. The van der Waals surface area contributed by atoms with Gasteiger partial charge in [-0.1, -0.05) is 282 Å². The molecule has 0 N–H and O–H groups in total. The van der Waals surface area contributed by atoms with Gasteiger partial charge in [0.15, 0.2) is 0 Å². The van der Waals surface area contributed by atoms with Crippen LogP contribution >= 0.6 is 0 Å². The summed E-state index contributed by atoms with van der Waals surface area (Å²) in [6.07, 6.45) is 49.9. The Morgan fingerprint density at radius 1 is 0.288 bits per heavy atom. The van der Waals surface area contributed by atoms with Gasteiger partial charge in [0.1, 0.15) is 20.2 Å². The first-order valence-corrected chi connectivity index (χ1v) is 32.8. The first-order chi connectivity index (χ1) is 34.9. The van der Waals surface area contributed by atoms with Crippen LogP contribution < -0.4 is 0 Å². The molecule has 0 aromatic heterocycles. The number of fused-ring (bicyclic) bond motifs is 2. The molecule has 0 bridgehead atoms. The van der Waals surface area contributed by atoms with Gasteiger partial charge in [-0.05, 0) is 107 Å². The summed E-state index contributed by atoms with van der Waals surface area (Å²) in [6, 6.07) is 19.3. The van der Waals surface area contributed by atoms with Crippen LogP contribution in [0.25, 0.3) is 21.5 Å². The minimum absolute atomic E-state index is 0. The second kappa shape index (κ2) is 41.8. The Morgan fingerprint density at radius 3 is 0.726 bits per heavy atom. The van der Waals surface area contributed by atoms with E-state index in [0.717, 1.165) is 86.1 Å². The zero-order valence-corrected chi connectivity index (χ0v) is 53.1. The van der Waals surface area contributed by atoms with Gasteiger partial charge in [-0.25, -0.2) is 16.8 Å². The minimum atomic E-state index is -4.50. The molecule has 0 aliphatic rings. The molecule has 0 spiro atoms. The fraction of sp³-hybridized carbons (Fsp3) is 0.688. The molecule has 4 aromatic carbocycles. The number of hydrogen-bond donors (Lipinski definition) is 0. The van der Waals surface area contributed by atoms with E-state index in [-0.39, 0.29) is 58.7 Å². The molecule has 0 amide bonds. The van der Waals surface area contributed by atoms with Crippen LogP contribution in [0.2, 0.25) is 0 Å². The van der Waals surface area contributed by atoms with Crippen LogP contribution in [0.4, 0.5) is 0 Å². The van der Waals surface area contributed by atoms with Crippen molar-refractivity contribution in [3.05, 3.63) is 82.9 Å². The molecular weight excluding hydrogens is 1070 g/mol. The smallest absolute Gasteiger partial charge is 0.744 e. The maximum Gasteiger partial charge on any atom is 2.00 e. The standard InChI is InChI=1S/2C32H52O3S.Ba/c2*1-3-5-7-9-11-13-15-17-19-21-28-23-24-31-30(25-28)26-29(27-32(31)36(33,34)35)22-20-18-16-14-12-10-8-6-4-2;/h2*23-27H,3-22H2,1-2H3,(H,33,34,35);/q;;+2/p-2. The summed E-state index contributed by atoms with van der Waals surface area (Å²) in [5, 5.41) is 2.92. The van der Waals surface area contributed by atoms with Gasteiger partial charge in [0, 0.05) is 0 Å². The quantitative estimate of drug-likeness (QED) is 0.0248. The second-order valence-electron chi connectivity index (χ2n) is 21.5. The molecule has 0 atom stereocenters. The molecule has 0 aliphatic carbocycles. The van der Waals surface area contributed by atoms with Crippen LogP contribution in [-0.4, -0.2) is 74.8 Å². The first kappa shape index (κ1) is 67.9. The van der Waals surface area contributed by atoms with Gasteiger partial charge in [0.2, 0.25) is 0 Å². The Kier molecular flexibility index (Phi) is 38.9. The van der Waals surface area contributed by atoms with E-state index in [1.165, 1.54) is 204 Å².